The van der Waals surface area contributed by atoms with E-state index in [2.05, 4.69) is 10.2 Å². The van der Waals surface area contributed by atoms with E-state index in [4.69, 9.17) is 11.6 Å². The Hall–Kier alpha value is -1.17. The van der Waals surface area contributed by atoms with Gasteiger partial charge in [-0.15, -0.1) is 0 Å². The van der Waals surface area contributed by atoms with Crippen molar-refractivity contribution in [2.45, 2.75) is 31.7 Å². The van der Waals surface area contributed by atoms with Crippen LogP contribution in [0.1, 0.15) is 36.0 Å². The molecule has 1 aromatic carbocycles. The normalized spacial score (nSPS) is 18.6. The molecule has 1 aliphatic rings. The number of nitrogens with one attached hydrogen (secondary N) is 1. The number of aliphatic hydroxyl groups excluding tert-OH is 1. The molecule has 1 atom stereocenters. The van der Waals surface area contributed by atoms with E-state index in [-0.39, 0.29) is 23.2 Å². The summed E-state index contributed by atoms with van der Waals surface area (Å²) in [7, 11) is 0. The Morgan fingerprint density at radius 1 is 1.45 bits per heavy atom. The zero-order valence-corrected chi connectivity index (χ0v) is 13.3. The molecule has 6 heteroatoms. The summed E-state index contributed by atoms with van der Waals surface area (Å²) in [6.07, 6.45) is 3.93. The number of halogens is 2. The van der Waals surface area contributed by atoms with Gasteiger partial charge in [0.25, 0.3) is 5.91 Å². The Labute approximate surface area is 135 Å². The van der Waals surface area contributed by atoms with Crippen molar-refractivity contribution in [1.29, 1.82) is 0 Å². The Kier molecular flexibility index (Phi) is 6.61. The van der Waals surface area contributed by atoms with Crippen LogP contribution in [0.2, 0.25) is 5.02 Å². The number of likely N-dealkylation sites (tertiary alicyclic amines) is 1. The highest BCUT2D eigenvalue weighted by atomic mass is 35.5. The number of rotatable bonds is 7. The van der Waals surface area contributed by atoms with Crippen LogP contribution >= 0.6 is 11.6 Å². The Morgan fingerprint density at radius 2 is 2.27 bits per heavy atom. The van der Waals surface area contributed by atoms with Crippen LogP contribution in [0.5, 0.6) is 0 Å². The van der Waals surface area contributed by atoms with Gasteiger partial charge in [-0.25, -0.2) is 4.39 Å². The lowest BCUT2D eigenvalue weighted by Crippen LogP contribution is -2.33. The third kappa shape index (κ3) is 4.41. The molecule has 0 bridgehead atoms. The summed E-state index contributed by atoms with van der Waals surface area (Å²) < 4.78 is 13.6. The average Bonchev–Trinajstić information content (AvgIpc) is 2.94. The van der Waals surface area contributed by atoms with E-state index in [0.29, 0.717) is 6.54 Å². The Morgan fingerprint density at radius 3 is 3.00 bits per heavy atom. The zero-order valence-electron chi connectivity index (χ0n) is 12.5. The molecule has 0 aromatic heterocycles. The van der Waals surface area contributed by atoms with E-state index in [1.165, 1.54) is 18.2 Å². The monoisotopic (exact) mass is 328 g/mol. The molecule has 4 nitrogen and oxygen atoms in total. The van der Waals surface area contributed by atoms with Crippen LogP contribution in [-0.2, 0) is 0 Å². The molecule has 1 aromatic rings. The van der Waals surface area contributed by atoms with Gasteiger partial charge < -0.3 is 10.4 Å². The van der Waals surface area contributed by atoms with Gasteiger partial charge in [0.05, 0.1) is 17.2 Å². The molecule has 0 radical (unpaired) electrons. The van der Waals surface area contributed by atoms with E-state index in [1.807, 2.05) is 0 Å². The molecule has 1 saturated heterocycles. The number of amides is 1. The number of carbonyl (C=O) groups excluding carboxylic acids is 1. The average molecular weight is 329 g/mol. The fourth-order valence-electron chi connectivity index (χ4n) is 2.84. The van der Waals surface area contributed by atoms with Crippen LogP contribution in [0.25, 0.3) is 0 Å². The second-order valence-corrected chi connectivity index (χ2v) is 5.98. The number of hydrogen-bond donors (Lipinski definition) is 2. The van der Waals surface area contributed by atoms with Gasteiger partial charge in [0.1, 0.15) is 5.82 Å². The maximum Gasteiger partial charge on any atom is 0.255 e. The summed E-state index contributed by atoms with van der Waals surface area (Å²) in [4.78, 5) is 14.2. The van der Waals surface area contributed by atoms with E-state index in [0.717, 1.165) is 38.8 Å². The summed E-state index contributed by atoms with van der Waals surface area (Å²) in [6, 6.07) is 4.49. The molecule has 0 aliphatic carbocycles. The molecule has 0 saturated carbocycles. The van der Waals surface area contributed by atoms with Crippen molar-refractivity contribution in [2.75, 3.05) is 26.2 Å². The first kappa shape index (κ1) is 17.2. The van der Waals surface area contributed by atoms with Crippen molar-refractivity contribution >= 4 is 17.5 Å². The first-order valence-electron chi connectivity index (χ1n) is 7.70. The minimum atomic E-state index is -0.604. The van der Waals surface area contributed by atoms with Crippen LogP contribution in [0.4, 0.5) is 4.39 Å². The summed E-state index contributed by atoms with van der Waals surface area (Å²) in [5, 5.41) is 12.1. The molecule has 22 heavy (non-hydrogen) atoms. The first-order valence-corrected chi connectivity index (χ1v) is 8.08. The van der Waals surface area contributed by atoms with Crippen molar-refractivity contribution in [3.05, 3.63) is 34.6 Å². The molecule has 1 amide bonds. The molecular weight excluding hydrogens is 307 g/mol. The van der Waals surface area contributed by atoms with Crippen molar-refractivity contribution < 1.29 is 14.3 Å². The number of benzene rings is 1. The van der Waals surface area contributed by atoms with Gasteiger partial charge in [0, 0.05) is 12.6 Å². The first-order chi connectivity index (χ1) is 10.6. The lowest BCUT2D eigenvalue weighted by molar-refractivity contribution is 0.0948. The fraction of sp³-hybridized carbons (Fsp3) is 0.562. The predicted molar refractivity (Wildman–Crippen MR) is 84.7 cm³/mol. The molecular formula is C16H22ClFN2O2. The van der Waals surface area contributed by atoms with Gasteiger partial charge in [-0.2, -0.15) is 0 Å². The van der Waals surface area contributed by atoms with Gasteiger partial charge >= 0.3 is 0 Å². The highest BCUT2D eigenvalue weighted by Gasteiger charge is 2.22. The maximum atomic E-state index is 13.6. The fourth-order valence-corrected chi connectivity index (χ4v) is 3.09. The summed E-state index contributed by atoms with van der Waals surface area (Å²) >= 11 is 5.85. The number of carbonyl (C=O) groups is 1. The van der Waals surface area contributed by atoms with Crippen molar-refractivity contribution in [2.24, 2.45) is 0 Å². The summed E-state index contributed by atoms with van der Waals surface area (Å²) in [5.74, 6) is -1.08. The number of nitrogens with zero attached hydrogens (tertiary/aromatic N) is 1. The molecule has 2 rings (SSSR count). The molecule has 122 valence electrons. The number of unbranched alkanes of at least 4 members (excludes halogenated alkanes) is 1. The van der Waals surface area contributed by atoms with Gasteiger partial charge in [0.2, 0.25) is 0 Å². The predicted octanol–water partition coefficient (Wildman–Crippen LogP) is 2.45. The van der Waals surface area contributed by atoms with Crippen LogP contribution in [0.15, 0.2) is 18.2 Å². The second-order valence-electron chi connectivity index (χ2n) is 5.57. The molecule has 1 fully saturated rings. The lowest BCUT2D eigenvalue weighted by Gasteiger charge is -2.22. The van der Waals surface area contributed by atoms with Gasteiger partial charge in [0.15, 0.2) is 0 Å². The topological polar surface area (TPSA) is 52.6 Å². The third-order valence-electron chi connectivity index (χ3n) is 4.06. The quantitative estimate of drug-likeness (QED) is 0.756. The van der Waals surface area contributed by atoms with E-state index in [9.17, 15) is 14.3 Å². The highest BCUT2D eigenvalue weighted by molar-refractivity contribution is 6.33. The number of aliphatic hydroxyl groups is 1. The van der Waals surface area contributed by atoms with Gasteiger partial charge in [-0.1, -0.05) is 17.7 Å². The van der Waals surface area contributed by atoms with E-state index >= 15 is 0 Å². The molecule has 2 N–H and O–H groups in total. The van der Waals surface area contributed by atoms with Crippen molar-refractivity contribution in [1.82, 2.24) is 10.2 Å². The smallest absolute Gasteiger partial charge is 0.255 e. The van der Waals surface area contributed by atoms with Crippen molar-refractivity contribution in [3.8, 4) is 0 Å². The maximum absolute atomic E-state index is 13.6. The minimum absolute atomic E-state index is 0.0935. The van der Waals surface area contributed by atoms with Crippen molar-refractivity contribution in [3.63, 3.8) is 0 Å². The molecule has 0 spiro atoms. The molecule has 1 heterocycles. The van der Waals surface area contributed by atoms with E-state index in [1.54, 1.807) is 0 Å². The van der Waals surface area contributed by atoms with E-state index < -0.39 is 11.7 Å². The van der Waals surface area contributed by atoms with Crippen LogP contribution in [0, 0.1) is 5.82 Å². The lowest BCUT2D eigenvalue weighted by atomic mass is 10.2. The van der Waals surface area contributed by atoms with Gasteiger partial charge in [-0.3, -0.25) is 9.69 Å². The second kappa shape index (κ2) is 8.46. The third-order valence-corrected chi connectivity index (χ3v) is 4.37. The zero-order chi connectivity index (χ0) is 15.9. The minimum Gasteiger partial charge on any atom is -0.395 e. The summed E-state index contributed by atoms with van der Waals surface area (Å²) in [6.45, 7) is 2.65. The molecule has 1 aliphatic heterocycles. The standard InChI is InChI=1S/C16H22ClFN2O2/c17-13-6-3-7-14(18)15(13)16(22)19-8-1-2-9-20-10-4-5-12(20)11-21/h3,6-7,12,21H,1-2,4-5,8-11H2,(H,19,22). The van der Waals surface area contributed by atoms with Crippen LogP contribution < -0.4 is 5.32 Å². The Bertz CT molecular complexity index is 493. The van der Waals surface area contributed by atoms with Crippen LogP contribution in [0.3, 0.4) is 0 Å². The van der Waals surface area contributed by atoms with Crippen LogP contribution in [-0.4, -0.2) is 48.2 Å². The highest BCUT2D eigenvalue weighted by Crippen LogP contribution is 2.19. The summed E-state index contributed by atoms with van der Waals surface area (Å²) in [5.41, 5.74) is -0.0935. The number of hydrogen-bond acceptors (Lipinski definition) is 3. The SMILES string of the molecule is O=C(NCCCCN1CCCC1CO)c1c(F)cccc1Cl. The molecule has 1 unspecified atom stereocenters. The Balaban J connectivity index is 1.69. The largest absolute Gasteiger partial charge is 0.395 e. The van der Waals surface area contributed by atoms with Gasteiger partial charge in [-0.05, 0) is 50.9 Å².